The fourth-order valence-corrected chi connectivity index (χ4v) is 4.14. The summed E-state index contributed by atoms with van der Waals surface area (Å²) in [4.78, 5) is 31.6. The molecule has 0 saturated carbocycles. The first-order chi connectivity index (χ1) is 15.5. The Morgan fingerprint density at radius 2 is 1.94 bits per heavy atom. The first kappa shape index (κ1) is 21.8. The van der Waals surface area contributed by atoms with Crippen molar-refractivity contribution in [1.82, 2.24) is 14.5 Å². The fourth-order valence-electron chi connectivity index (χ4n) is 3.87. The molecule has 1 aromatic heterocycles. The molecule has 2 aromatic carbocycles. The van der Waals surface area contributed by atoms with Crippen LogP contribution in [0.5, 0.6) is 5.75 Å². The molecule has 1 aliphatic rings. The Bertz CT molecular complexity index is 1160. The Balaban J connectivity index is 1.73. The van der Waals surface area contributed by atoms with Gasteiger partial charge in [-0.05, 0) is 36.2 Å². The third-order valence-electron chi connectivity index (χ3n) is 5.44. The number of methoxy groups -OCH3 is 1. The smallest absolute Gasteiger partial charge is 0.295 e. The number of nitrogens with zero attached hydrogens (tertiary/aromatic N) is 3. The molecule has 1 saturated heterocycles. The summed E-state index contributed by atoms with van der Waals surface area (Å²) in [6.07, 6.45) is 5.89. The van der Waals surface area contributed by atoms with Gasteiger partial charge in [0.15, 0.2) is 0 Å². The molecule has 0 aliphatic carbocycles. The molecule has 0 spiro atoms. The van der Waals surface area contributed by atoms with Gasteiger partial charge in [0.2, 0.25) is 0 Å². The van der Waals surface area contributed by atoms with Crippen molar-refractivity contribution >= 4 is 33.4 Å². The second-order valence-corrected chi connectivity index (χ2v) is 8.35. The molecule has 164 valence electrons. The van der Waals surface area contributed by atoms with Crippen molar-refractivity contribution in [2.75, 3.05) is 13.7 Å². The van der Waals surface area contributed by atoms with Gasteiger partial charge in [0.25, 0.3) is 11.7 Å². The zero-order valence-corrected chi connectivity index (χ0v) is 19.0. The van der Waals surface area contributed by atoms with E-state index in [-0.39, 0.29) is 11.3 Å². The van der Waals surface area contributed by atoms with E-state index in [1.165, 1.54) is 12.0 Å². The number of aliphatic hydroxyl groups is 1. The first-order valence-electron chi connectivity index (χ1n) is 10.1. The average Bonchev–Trinajstić information content (AvgIpc) is 3.41. The lowest BCUT2D eigenvalue weighted by molar-refractivity contribution is -0.139. The molecule has 1 aliphatic heterocycles. The summed E-state index contributed by atoms with van der Waals surface area (Å²) in [7, 11) is 1.53. The molecule has 4 rings (SSSR count). The minimum absolute atomic E-state index is 0.0770. The third-order valence-corrected chi connectivity index (χ3v) is 5.97. The summed E-state index contributed by atoms with van der Waals surface area (Å²) in [6, 6.07) is 13.5. The topological polar surface area (TPSA) is 84.7 Å². The van der Waals surface area contributed by atoms with Crippen LogP contribution in [0, 0.1) is 0 Å². The van der Waals surface area contributed by atoms with E-state index in [4.69, 9.17) is 4.74 Å². The number of carbonyl (C=O) groups is 2. The summed E-state index contributed by atoms with van der Waals surface area (Å²) >= 11 is 3.42. The number of halogens is 1. The number of aryl methyl sites for hydroxylation is 1. The van der Waals surface area contributed by atoms with Crippen molar-refractivity contribution in [2.45, 2.75) is 19.0 Å². The van der Waals surface area contributed by atoms with Gasteiger partial charge in [-0.1, -0.05) is 40.2 Å². The Labute approximate surface area is 194 Å². The van der Waals surface area contributed by atoms with Gasteiger partial charge in [0.1, 0.15) is 11.5 Å². The van der Waals surface area contributed by atoms with Crippen LogP contribution in [0.15, 0.2) is 77.3 Å². The van der Waals surface area contributed by atoms with Gasteiger partial charge in [-0.25, -0.2) is 4.98 Å². The fraction of sp³-hybridized carbons (Fsp3) is 0.208. The van der Waals surface area contributed by atoms with E-state index in [1.54, 1.807) is 36.8 Å². The van der Waals surface area contributed by atoms with E-state index in [9.17, 15) is 14.7 Å². The van der Waals surface area contributed by atoms with E-state index in [1.807, 2.05) is 35.0 Å². The standard InChI is InChI=1S/C24H22BrN3O4/c1-32-19-5-2-4-17(14-19)22(29)20-21(16-6-8-18(25)9-7-16)28(24(31)23(20)30)12-3-11-27-13-10-26-15-27/h2,4-10,13-15,21,29H,3,11-12H2,1H3/b22-20+. The first-order valence-corrected chi connectivity index (χ1v) is 10.9. The van der Waals surface area contributed by atoms with Crippen LogP contribution < -0.4 is 4.74 Å². The van der Waals surface area contributed by atoms with Crippen LogP contribution in [0.4, 0.5) is 0 Å². The van der Waals surface area contributed by atoms with E-state index >= 15 is 0 Å². The summed E-state index contributed by atoms with van der Waals surface area (Å²) in [5, 5.41) is 11.1. The number of aliphatic hydroxyl groups excluding tert-OH is 1. The van der Waals surface area contributed by atoms with E-state index in [2.05, 4.69) is 20.9 Å². The molecule has 0 radical (unpaired) electrons. The quantitative estimate of drug-likeness (QED) is 0.302. The number of hydrogen-bond acceptors (Lipinski definition) is 5. The maximum atomic E-state index is 13.1. The van der Waals surface area contributed by atoms with Crippen LogP contribution >= 0.6 is 15.9 Å². The number of Topliss-reactive ketones (excluding diaryl/α,β-unsaturated/α-hetero) is 1. The summed E-state index contributed by atoms with van der Waals surface area (Å²) in [5.41, 5.74) is 1.25. The van der Waals surface area contributed by atoms with E-state index < -0.39 is 17.7 Å². The normalized spacial score (nSPS) is 17.7. The molecular formula is C24H22BrN3O4. The number of rotatable bonds is 7. The number of carbonyl (C=O) groups excluding carboxylic acids is 2. The molecule has 0 bridgehead atoms. The van der Waals surface area contributed by atoms with Crippen molar-refractivity contribution in [3.8, 4) is 5.75 Å². The third kappa shape index (κ3) is 4.31. The van der Waals surface area contributed by atoms with E-state index in [0.717, 1.165) is 10.0 Å². The van der Waals surface area contributed by atoms with Gasteiger partial charge in [-0.15, -0.1) is 0 Å². The molecule has 3 aromatic rings. The van der Waals surface area contributed by atoms with Crippen LogP contribution in [-0.4, -0.2) is 44.9 Å². The Morgan fingerprint density at radius 1 is 1.16 bits per heavy atom. The zero-order valence-electron chi connectivity index (χ0n) is 17.4. The molecule has 7 nitrogen and oxygen atoms in total. The van der Waals surface area contributed by atoms with Crippen LogP contribution in [-0.2, 0) is 16.1 Å². The number of benzene rings is 2. The number of aromatic nitrogens is 2. The highest BCUT2D eigenvalue weighted by atomic mass is 79.9. The molecule has 2 heterocycles. The average molecular weight is 496 g/mol. The largest absolute Gasteiger partial charge is 0.507 e. The Hall–Kier alpha value is -3.39. The highest BCUT2D eigenvalue weighted by Gasteiger charge is 2.45. The molecule has 8 heteroatoms. The minimum Gasteiger partial charge on any atom is -0.507 e. The van der Waals surface area contributed by atoms with Crippen LogP contribution in [0.1, 0.15) is 23.6 Å². The van der Waals surface area contributed by atoms with Crippen molar-refractivity contribution in [1.29, 1.82) is 0 Å². The number of imidazole rings is 1. The highest BCUT2D eigenvalue weighted by molar-refractivity contribution is 9.10. The highest BCUT2D eigenvalue weighted by Crippen LogP contribution is 2.40. The van der Waals surface area contributed by atoms with Gasteiger partial charge < -0.3 is 19.3 Å². The number of likely N-dealkylation sites (tertiary alicyclic amines) is 1. The van der Waals surface area contributed by atoms with Crippen LogP contribution in [0.3, 0.4) is 0 Å². The number of amides is 1. The van der Waals surface area contributed by atoms with Crippen molar-refractivity contribution in [2.24, 2.45) is 0 Å². The molecule has 1 N–H and O–H groups in total. The number of ketones is 1. The van der Waals surface area contributed by atoms with Gasteiger partial charge in [-0.2, -0.15) is 0 Å². The lowest BCUT2D eigenvalue weighted by Gasteiger charge is -2.25. The van der Waals surface area contributed by atoms with Crippen molar-refractivity contribution in [3.05, 3.63) is 88.4 Å². The predicted octanol–water partition coefficient (Wildman–Crippen LogP) is 4.17. The number of ether oxygens (including phenoxy) is 1. The second kappa shape index (κ2) is 9.40. The molecule has 1 unspecified atom stereocenters. The lowest BCUT2D eigenvalue weighted by atomic mass is 9.95. The molecule has 1 fully saturated rings. The Morgan fingerprint density at radius 3 is 2.62 bits per heavy atom. The van der Waals surface area contributed by atoms with Gasteiger partial charge >= 0.3 is 0 Å². The molecule has 32 heavy (non-hydrogen) atoms. The number of hydrogen-bond donors (Lipinski definition) is 1. The maximum Gasteiger partial charge on any atom is 0.295 e. The SMILES string of the molecule is COc1cccc(/C(O)=C2\C(=O)C(=O)N(CCCn3ccnc3)C2c2ccc(Br)cc2)c1. The van der Waals surface area contributed by atoms with Crippen molar-refractivity contribution < 1.29 is 19.4 Å². The zero-order chi connectivity index (χ0) is 22.7. The minimum atomic E-state index is -0.694. The molecular weight excluding hydrogens is 474 g/mol. The Kier molecular flexibility index (Phi) is 6.41. The second-order valence-electron chi connectivity index (χ2n) is 7.43. The van der Waals surface area contributed by atoms with Crippen LogP contribution in [0.25, 0.3) is 5.76 Å². The maximum absolute atomic E-state index is 13.1. The van der Waals surface area contributed by atoms with E-state index in [0.29, 0.717) is 30.8 Å². The molecule has 1 amide bonds. The lowest BCUT2D eigenvalue weighted by Crippen LogP contribution is -2.31. The summed E-state index contributed by atoms with van der Waals surface area (Å²) in [5.74, 6) is -0.982. The van der Waals surface area contributed by atoms with Gasteiger partial charge in [0.05, 0.1) is 25.1 Å². The van der Waals surface area contributed by atoms with Crippen LogP contribution in [0.2, 0.25) is 0 Å². The monoisotopic (exact) mass is 495 g/mol. The summed E-state index contributed by atoms with van der Waals surface area (Å²) < 4.78 is 8.04. The predicted molar refractivity (Wildman–Crippen MR) is 123 cm³/mol. The van der Waals surface area contributed by atoms with Gasteiger partial charge in [0, 0.05) is 35.5 Å². The molecule has 1 atom stereocenters. The van der Waals surface area contributed by atoms with Crippen molar-refractivity contribution in [3.63, 3.8) is 0 Å². The summed E-state index contributed by atoms with van der Waals surface area (Å²) in [6.45, 7) is 1.02. The van der Waals surface area contributed by atoms with Gasteiger partial charge in [-0.3, -0.25) is 9.59 Å².